The average Bonchev–Trinajstić information content (AvgIpc) is 2.12. The Labute approximate surface area is 81.6 Å². The summed E-state index contributed by atoms with van der Waals surface area (Å²) in [4.78, 5) is 4.07. The van der Waals surface area contributed by atoms with Gasteiger partial charge in [-0.05, 0) is 6.07 Å². The molecule has 13 heavy (non-hydrogen) atoms. The van der Waals surface area contributed by atoms with Gasteiger partial charge >= 0.3 is 0 Å². The van der Waals surface area contributed by atoms with Crippen LogP contribution in [0.1, 0.15) is 5.69 Å². The third-order valence-electron chi connectivity index (χ3n) is 1.84. The minimum atomic E-state index is 0.200. The number of nitrogens with zero attached hydrogens (tertiary/aromatic N) is 1. The summed E-state index contributed by atoms with van der Waals surface area (Å²) in [6.07, 6.45) is 1.90. The van der Waals surface area contributed by atoms with Crippen LogP contribution in [0.5, 0.6) is 5.75 Å². The molecule has 1 aromatic rings. The quantitative estimate of drug-likeness (QED) is 0.693. The van der Waals surface area contributed by atoms with Gasteiger partial charge in [-0.25, -0.2) is 0 Å². The smallest absolute Gasteiger partial charge is 0.145 e. The van der Waals surface area contributed by atoms with Crippen LogP contribution in [0.4, 0.5) is 0 Å². The maximum absolute atomic E-state index is 5.64. The molecule has 1 aromatic heterocycles. The van der Waals surface area contributed by atoms with Gasteiger partial charge in [0.05, 0.1) is 24.8 Å². The number of aromatic nitrogens is 1. The second-order valence-electron chi connectivity index (χ2n) is 2.89. The maximum Gasteiger partial charge on any atom is 0.145 e. The van der Waals surface area contributed by atoms with E-state index in [0.717, 1.165) is 11.4 Å². The minimum Gasteiger partial charge on any atom is -0.485 e. The summed E-state index contributed by atoms with van der Waals surface area (Å²) in [7, 11) is 0. The van der Waals surface area contributed by atoms with E-state index >= 15 is 0 Å². The maximum atomic E-state index is 5.64. The zero-order valence-electron chi connectivity index (χ0n) is 7.07. The van der Waals surface area contributed by atoms with Crippen molar-refractivity contribution in [3.8, 4) is 5.75 Å². The van der Waals surface area contributed by atoms with Gasteiger partial charge in [-0.1, -0.05) is 0 Å². The lowest BCUT2D eigenvalue weighted by atomic mass is 10.3. The predicted octanol–water partition coefficient (Wildman–Crippen LogP) is 1.60. The van der Waals surface area contributed by atoms with Gasteiger partial charge < -0.3 is 9.47 Å². The molecule has 0 aliphatic carbocycles. The summed E-state index contributed by atoms with van der Waals surface area (Å²) in [5.74, 6) is 1.23. The first-order valence-electron chi connectivity index (χ1n) is 4.14. The number of ether oxygens (including phenoxy) is 2. The van der Waals surface area contributed by atoms with Gasteiger partial charge in [-0.15, -0.1) is 11.6 Å². The Kier molecular flexibility index (Phi) is 2.66. The van der Waals surface area contributed by atoms with Crippen LogP contribution in [0.15, 0.2) is 18.3 Å². The summed E-state index contributed by atoms with van der Waals surface area (Å²) in [5, 5.41) is 0. The molecular formula is C9H10ClNO2. The number of hydrogen-bond donors (Lipinski definition) is 0. The highest BCUT2D eigenvalue weighted by atomic mass is 35.5. The van der Waals surface area contributed by atoms with E-state index in [1.807, 2.05) is 12.1 Å². The van der Waals surface area contributed by atoms with Crippen LogP contribution in [-0.4, -0.2) is 24.3 Å². The van der Waals surface area contributed by atoms with E-state index in [0.29, 0.717) is 19.1 Å². The molecule has 0 radical (unpaired) electrons. The van der Waals surface area contributed by atoms with Crippen LogP contribution in [0.3, 0.4) is 0 Å². The molecule has 2 heterocycles. The van der Waals surface area contributed by atoms with Crippen molar-refractivity contribution in [2.45, 2.75) is 12.0 Å². The summed E-state index contributed by atoms with van der Waals surface area (Å²) >= 11 is 5.64. The number of halogens is 1. The molecule has 1 aliphatic heterocycles. The summed E-state index contributed by atoms with van der Waals surface area (Å²) in [5.41, 5.74) is 0.833. The van der Waals surface area contributed by atoms with Gasteiger partial charge in [0.15, 0.2) is 0 Å². The fourth-order valence-corrected chi connectivity index (χ4v) is 1.22. The Hall–Kier alpha value is -0.800. The lowest BCUT2D eigenvalue weighted by Gasteiger charge is -2.26. The van der Waals surface area contributed by atoms with Crippen molar-refractivity contribution in [2.24, 2.45) is 0 Å². The Morgan fingerprint density at radius 1 is 1.62 bits per heavy atom. The van der Waals surface area contributed by atoms with Crippen molar-refractivity contribution in [3.05, 3.63) is 24.0 Å². The molecule has 4 heteroatoms. The summed E-state index contributed by atoms with van der Waals surface area (Å²) in [6.45, 7) is 1.36. The van der Waals surface area contributed by atoms with Crippen molar-refractivity contribution >= 4 is 11.6 Å². The Bertz CT molecular complexity index is 289. The van der Waals surface area contributed by atoms with Crippen LogP contribution >= 0.6 is 11.6 Å². The van der Waals surface area contributed by atoms with Crippen molar-refractivity contribution in [2.75, 3.05) is 13.2 Å². The molecule has 70 valence electrons. The second-order valence-corrected chi connectivity index (χ2v) is 3.16. The highest BCUT2D eigenvalue weighted by molar-refractivity contribution is 6.16. The molecule has 0 saturated carbocycles. The third-order valence-corrected chi connectivity index (χ3v) is 2.11. The van der Waals surface area contributed by atoms with E-state index in [4.69, 9.17) is 21.1 Å². The van der Waals surface area contributed by atoms with Gasteiger partial charge in [-0.2, -0.15) is 0 Å². The first-order chi connectivity index (χ1) is 6.38. The van der Waals surface area contributed by atoms with Crippen LogP contribution in [0.25, 0.3) is 0 Å². The normalized spacial score (nSPS) is 16.7. The average molecular weight is 200 g/mol. The largest absolute Gasteiger partial charge is 0.485 e. The monoisotopic (exact) mass is 199 g/mol. The molecule has 0 bridgehead atoms. The highest BCUT2D eigenvalue weighted by Gasteiger charge is 2.19. The molecule has 0 atom stereocenters. The first kappa shape index (κ1) is 8.78. The Morgan fingerprint density at radius 3 is 3.08 bits per heavy atom. The standard InChI is InChI=1S/C9H10ClNO2/c10-4-7-3-8(1-2-11-7)13-9-5-12-6-9/h1-3,9H,4-6H2. The molecular weight excluding hydrogens is 190 g/mol. The molecule has 1 fully saturated rings. The number of pyridine rings is 1. The van der Waals surface area contributed by atoms with E-state index in [9.17, 15) is 0 Å². The van der Waals surface area contributed by atoms with Crippen LogP contribution in [0, 0.1) is 0 Å². The molecule has 1 saturated heterocycles. The molecule has 0 unspecified atom stereocenters. The van der Waals surface area contributed by atoms with E-state index in [1.54, 1.807) is 6.20 Å². The molecule has 0 N–H and O–H groups in total. The summed E-state index contributed by atoms with van der Waals surface area (Å²) in [6, 6.07) is 3.68. The second kappa shape index (κ2) is 3.94. The van der Waals surface area contributed by atoms with Crippen molar-refractivity contribution in [1.82, 2.24) is 4.98 Å². The van der Waals surface area contributed by atoms with Gasteiger partial charge in [-0.3, -0.25) is 4.98 Å². The molecule has 0 spiro atoms. The SMILES string of the molecule is ClCc1cc(OC2COC2)ccn1. The zero-order valence-corrected chi connectivity index (χ0v) is 7.83. The molecule has 0 aromatic carbocycles. The van der Waals surface area contributed by atoms with Gasteiger partial charge in [0.25, 0.3) is 0 Å². The number of alkyl halides is 1. The number of rotatable bonds is 3. The van der Waals surface area contributed by atoms with Crippen LogP contribution in [0.2, 0.25) is 0 Å². The topological polar surface area (TPSA) is 31.4 Å². The van der Waals surface area contributed by atoms with Crippen molar-refractivity contribution < 1.29 is 9.47 Å². The van der Waals surface area contributed by atoms with Gasteiger partial charge in [0, 0.05) is 12.3 Å². The van der Waals surface area contributed by atoms with Crippen molar-refractivity contribution in [3.63, 3.8) is 0 Å². The van der Waals surface area contributed by atoms with Gasteiger partial charge in [0.1, 0.15) is 11.9 Å². The number of hydrogen-bond acceptors (Lipinski definition) is 3. The van der Waals surface area contributed by atoms with E-state index in [-0.39, 0.29) is 6.10 Å². The molecule has 3 nitrogen and oxygen atoms in total. The molecule has 0 amide bonds. The van der Waals surface area contributed by atoms with Gasteiger partial charge in [0.2, 0.25) is 0 Å². The fraction of sp³-hybridized carbons (Fsp3) is 0.444. The molecule has 1 aliphatic rings. The van der Waals surface area contributed by atoms with E-state index < -0.39 is 0 Å². The summed E-state index contributed by atoms with van der Waals surface area (Å²) < 4.78 is 10.6. The first-order valence-corrected chi connectivity index (χ1v) is 4.67. The van der Waals surface area contributed by atoms with Crippen molar-refractivity contribution in [1.29, 1.82) is 0 Å². The Balaban J connectivity index is 2.01. The minimum absolute atomic E-state index is 0.200. The van der Waals surface area contributed by atoms with Crippen LogP contribution < -0.4 is 4.74 Å². The lowest BCUT2D eigenvalue weighted by Crippen LogP contribution is -2.38. The highest BCUT2D eigenvalue weighted by Crippen LogP contribution is 2.16. The predicted molar refractivity (Wildman–Crippen MR) is 49.0 cm³/mol. The third kappa shape index (κ3) is 2.11. The van der Waals surface area contributed by atoms with Crippen LogP contribution in [-0.2, 0) is 10.6 Å². The lowest BCUT2D eigenvalue weighted by molar-refractivity contribution is -0.0797. The zero-order chi connectivity index (χ0) is 9.10. The van der Waals surface area contributed by atoms with E-state index in [1.165, 1.54) is 0 Å². The van der Waals surface area contributed by atoms with E-state index in [2.05, 4.69) is 4.98 Å². The molecule has 2 rings (SSSR count). The Morgan fingerprint density at radius 2 is 2.46 bits per heavy atom. The fourth-order valence-electron chi connectivity index (χ4n) is 1.08.